The number of phosphoric acid groups is 3. The fraction of sp³-hybridized carbons (Fsp3) is 0.462. The molecule has 35 heavy (non-hydrogen) atoms. The number of phosphoric ester groups is 1. The lowest BCUT2D eigenvalue weighted by Crippen LogP contribution is -2.42. The lowest BCUT2D eigenvalue weighted by atomic mass is 9.96. The zero-order valence-corrected chi connectivity index (χ0v) is 19.8. The number of rotatable bonds is 8. The highest BCUT2D eigenvalue weighted by Gasteiger charge is 2.58. The van der Waals surface area contributed by atoms with Crippen molar-refractivity contribution in [3.05, 3.63) is 16.7 Å². The standard InChI is InChI=1S/C13H17FN5O13P3/c1-2-3-13(14)8(20)6(4-29-34(25,26)32-35(27,28)31-33(22,23)24)30-11(13)19-5-16-7-9(19)17-12(15)18-10(7)21/h5-6,8,11,20H,4H2,1H3,(H,25,26)(H,27,28)(H2,22,23,24)(H3,15,17,18,21)/t6-,8+,11-,13?/m1/s1. The fourth-order valence-corrected chi connectivity index (χ4v) is 6.10. The molecule has 2 aromatic heterocycles. The van der Waals surface area contributed by atoms with E-state index in [4.69, 9.17) is 20.3 Å². The van der Waals surface area contributed by atoms with E-state index in [0.29, 0.717) is 0 Å². The van der Waals surface area contributed by atoms with E-state index < -0.39 is 59.7 Å². The van der Waals surface area contributed by atoms with Gasteiger partial charge in [0.05, 0.1) is 12.9 Å². The van der Waals surface area contributed by atoms with Gasteiger partial charge in [-0.05, 0) is 6.92 Å². The smallest absolute Gasteiger partial charge is 0.386 e. The first kappa shape index (κ1) is 27.6. The molecule has 0 radical (unpaired) electrons. The maximum atomic E-state index is 15.8. The number of aromatic nitrogens is 4. The van der Waals surface area contributed by atoms with Crippen LogP contribution in [0.5, 0.6) is 0 Å². The van der Waals surface area contributed by atoms with Crippen LogP contribution in [0.4, 0.5) is 10.3 Å². The van der Waals surface area contributed by atoms with Crippen LogP contribution in [0.15, 0.2) is 11.1 Å². The Balaban J connectivity index is 1.87. The highest BCUT2D eigenvalue weighted by atomic mass is 31.3. The minimum absolute atomic E-state index is 0.253. The number of alkyl halides is 1. The first-order chi connectivity index (χ1) is 16.0. The Hall–Kier alpha value is -2.03. The zero-order valence-electron chi connectivity index (χ0n) is 17.2. The molecule has 0 aliphatic carbocycles. The molecule has 3 heterocycles. The van der Waals surface area contributed by atoms with Gasteiger partial charge in [-0.1, -0.05) is 5.92 Å². The Morgan fingerprint density at radius 1 is 1.29 bits per heavy atom. The van der Waals surface area contributed by atoms with Crippen LogP contribution in [-0.4, -0.2) is 68.7 Å². The van der Waals surface area contributed by atoms with Crippen molar-refractivity contribution in [2.24, 2.45) is 0 Å². The number of hydrogen-bond donors (Lipinski definition) is 7. The number of nitrogens with two attached hydrogens (primary N) is 1. The Bertz CT molecular complexity index is 1400. The van der Waals surface area contributed by atoms with Gasteiger partial charge in [0.15, 0.2) is 17.4 Å². The van der Waals surface area contributed by atoms with Crippen molar-refractivity contribution in [2.45, 2.75) is 31.0 Å². The quantitative estimate of drug-likeness (QED) is 0.150. The van der Waals surface area contributed by atoms with Crippen LogP contribution < -0.4 is 11.3 Å². The summed E-state index contributed by atoms with van der Waals surface area (Å²) < 4.78 is 67.7. The predicted octanol–water partition coefficient (Wildman–Crippen LogP) is -0.965. The second kappa shape index (κ2) is 9.45. The summed E-state index contributed by atoms with van der Waals surface area (Å²) in [5.41, 5.74) is 1.30. The van der Waals surface area contributed by atoms with Crippen LogP contribution >= 0.6 is 23.5 Å². The van der Waals surface area contributed by atoms with Crippen molar-refractivity contribution in [3.8, 4) is 11.8 Å². The Kier molecular flexibility index (Phi) is 7.44. The molecule has 0 aromatic carbocycles. The van der Waals surface area contributed by atoms with Gasteiger partial charge in [0.1, 0.15) is 12.2 Å². The van der Waals surface area contributed by atoms with Crippen LogP contribution in [0.3, 0.4) is 0 Å². The van der Waals surface area contributed by atoms with Crippen molar-refractivity contribution in [2.75, 3.05) is 12.3 Å². The number of nitrogen functional groups attached to an aromatic ring is 1. The summed E-state index contributed by atoms with van der Waals surface area (Å²) in [7, 11) is -17.0. The summed E-state index contributed by atoms with van der Waals surface area (Å²) in [4.78, 5) is 57.7. The van der Waals surface area contributed by atoms with Crippen LogP contribution in [0.2, 0.25) is 0 Å². The monoisotopic (exact) mass is 563 g/mol. The second-order valence-electron chi connectivity index (χ2n) is 6.78. The molecule has 194 valence electrons. The lowest BCUT2D eigenvalue weighted by Gasteiger charge is -2.23. The molecule has 22 heteroatoms. The van der Waals surface area contributed by atoms with Gasteiger partial charge in [0, 0.05) is 0 Å². The van der Waals surface area contributed by atoms with Crippen LogP contribution in [0.25, 0.3) is 11.2 Å². The molecule has 0 saturated carbocycles. The van der Waals surface area contributed by atoms with Gasteiger partial charge in [0.25, 0.3) is 5.56 Å². The Labute approximate surface area is 193 Å². The molecule has 0 amide bonds. The van der Waals surface area contributed by atoms with Gasteiger partial charge in [0.2, 0.25) is 11.6 Å². The topological polar surface area (TPSA) is 279 Å². The highest BCUT2D eigenvalue weighted by Crippen LogP contribution is 2.66. The first-order valence-electron chi connectivity index (χ1n) is 8.95. The molecule has 1 aliphatic rings. The molecule has 1 aliphatic heterocycles. The van der Waals surface area contributed by atoms with Gasteiger partial charge < -0.3 is 35.2 Å². The number of imidazole rings is 1. The van der Waals surface area contributed by atoms with E-state index in [1.54, 1.807) is 0 Å². The molecule has 2 aromatic rings. The number of anilines is 1. The number of nitrogens with one attached hydrogen (secondary N) is 1. The average molecular weight is 563 g/mol. The van der Waals surface area contributed by atoms with Crippen LogP contribution in [0, 0.1) is 11.8 Å². The maximum Gasteiger partial charge on any atom is 0.490 e. The number of hydrogen-bond acceptors (Lipinski definition) is 12. The summed E-state index contributed by atoms with van der Waals surface area (Å²) in [6.45, 7) is 0.0681. The van der Waals surface area contributed by atoms with Crippen molar-refractivity contribution in [1.82, 2.24) is 19.5 Å². The highest BCUT2D eigenvalue weighted by molar-refractivity contribution is 7.66. The van der Waals surface area contributed by atoms with E-state index in [1.165, 1.54) is 6.92 Å². The molecule has 3 rings (SSSR count). The maximum absolute atomic E-state index is 15.8. The molecule has 8 N–H and O–H groups in total. The number of fused-ring (bicyclic) bond motifs is 1. The largest absolute Gasteiger partial charge is 0.490 e. The van der Waals surface area contributed by atoms with Crippen molar-refractivity contribution < 1.29 is 60.6 Å². The molecular weight excluding hydrogens is 546 g/mol. The van der Waals surface area contributed by atoms with E-state index in [0.717, 1.165) is 10.9 Å². The van der Waals surface area contributed by atoms with Gasteiger partial charge in [-0.15, -0.1) is 5.92 Å². The summed E-state index contributed by atoms with van der Waals surface area (Å²) in [6, 6.07) is 0. The minimum Gasteiger partial charge on any atom is -0.386 e. The number of aromatic amines is 1. The zero-order chi connectivity index (χ0) is 26.4. The lowest BCUT2D eigenvalue weighted by molar-refractivity contribution is -0.0496. The average Bonchev–Trinajstić information content (AvgIpc) is 3.17. The fourth-order valence-electron chi connectivity index (χ4n) is 3.07. The van der Waals surface area contributed by atoms with Gasteiger partial charge in [-0.2, -0.15) is 13.6 Å². The van der Waals surface area contributed by atoms with Crippen LogP contribution in [0.1, 0.15) is 13.2 Å². The normalized spacial score (nSPS) is 28.3. The number of nitrogens with zero attached hydrogens (tertiary/aromatic N) is 3. The summed E-state index contributed by atoms with van der Waals surface area (Å²) in [5, 5.41) is 10.5. The molecule has 0 bridgehead atoms. The third-order valence-electron chi connectivity index (χ3n) is 4.28. The number of halogens is 1. The van der Waals surface area contributed by atoms with Crippen molar-refractivity contribution in [3.63, 3.8) is 0 Å². The minimum atomic E-state index is -5.80. The molecular formula is C13H17FN5O13P3. The van der Waals surface area contributed by atoms with E-state index in [9.17, 15) is 33.4 Å². The third kappa shape index (κ3) is 6.04. The third-order valence-corrected chi connectivity index (χ3v) is 8.09. The molecule has 1 fully saturated rings. The number of aliphatic hydroxyl groups excluding tert-OH is 1. The predicted molar refractivity (Wildman–Crippen MR) is 110 cm³/mol. The van der Waals surface area contributed by atoms with Crippen molar-refractivity contribution >= 4 is 40.6 Å². The van der Waals surface area contributed by atoms with E-state index >= 15 is 4.39 Å². The Morgan fingerprint density at radius 2 is 1.94 bits per heavy atom. The van der Waals surface area contributed by atoms with E-state index in [-0.39, 0.29) is 17.1 Å². The first-order valence-corrected chi connectivity index (χ1v) is 13.5. The second-order valence-corrected chi connectivity index (χ2v) is 11.2. The summed E-state index contributed by atoms with van der Waals surface area (Å²) in [5.74, 6) is 4.00. The van der Waals surface area contributed by atoms with Gasteiger partial charge >= 0.3 is 23.5 Å². The molecule has 0 spiro atoms. The van der Waals surface area contributed by atoms with Crippen molar-refractivity contribution in [1.29, 1.82) is 0 Å². The molecule has 3 unspecified atom stereocenters. The summed E-state index contributed by atoms with van der Waals surface area (Å²) in [6.07, 6.45) is -4.87. The number of aliphatic hydroxyl groups is 1. The van der Waals surface area contributed by atoms with E-state index in [1.807, 2.05) is 0 Å². The summed E-state index contributed by atoms with van der Waals surface area (Å²) >= 11 is 0. The van der Waals surface area contributed by atoms with Gasteiger partial charge in [-0.25, -0.2) is 23.1 Å². The molecule has 1 saturated heterocycles. The number of H-pyrrole nitrogens is 1. The molecule has 18 nitrogen and oxygen atoms in total. The molecule has 6 atom stereocenters. The van der Waals surface area contributed by atoms with Crippen LogP contribution in [-0.2, 0) is 31.6 Å². The SMILES string of the molecule is CC#CC1(F)[C@@H](O)[C@@H](COP(=O)(O)OP(=O)(O)OP(=O)(O)O)O[C@H]1n1cnc2c(=O)[nH]c(N)nc21. The number of ether oxygens (including phenoxy) is 1. The van der Waals surface area contributed by atoms with Gasteiger partial charge in [-0.3, -0.25) is 18.9 Å². The van der Waals surface area contributed by atoms with E-state index in [2.05, 4.69) is 39.9 Å². The Morgan fingerprint density at radius 3 is 2.54 bits per heavy atom.